The summed E-state index contributed by atoms with van der Waals surface area (Å²) in [6.07, 6.45) is 4.44. The Morgan fingerprint density at radius 3 is 2.35 bits per heavy atom. The minimum Gasteiger partial charge on any atom is -0.481 e. The van der Waals surface area contributed by atoms with Crippen molar-refractivity contribution < 1.29 is 18.7 Å². The van der Waals surface area contributed by atoms with Crippen LogP contribution >= 0.6 is 15.9 Å². The molecule has 1 N–H and O–H groups in total. The van der Waals surface area contributed by atoms with Crippen LogP contribution in [0.3, 0.4) is 0 Å². The monoisotopic (exact) mass is 346 g/mol. The molecule has 0 spiro atoms. The molecular formula is C15H17BrF2O2. The molecule has 110 valence electrons. The van der Waals surface area contributed by atoms with Gasteiger partial charge < -0.3 is 5.11 Å². The van der Waals surface area contributed by atoms with Crippen molar-refractivity contribution in [3.05, 3.63) is 33.8 Å². The van der Waals surface area contributed by atoms with Crippen LogP contribution in [0.25, 0.3) is 0 Å². The number of carbonyl (C=O) groups is 1. The third-order valence-corrected chi connectivity index (χ3v) is 4.78. The van der Waals surface area contributed by atoms with Gasteiger partial charge in [0.15, 0.2) is 0 Å². The molecule has 1 fully saturated rings. The largest absolute Gasteiger partial charge is 0.481 e. The molecule has 0 atom stereocenters. The highest BCUT2D eigenvalue weighted by Crippen LogP contribution is 2.40. The Morgan fingerprint density at radius 1 is 1.20 bits per heavy atom. The van der Waals surface area contributed by atoms with E-state index in [-0.39, 0.29) is 16.5 Å². The van der Waals surface area contributed by atoms with Gasteiger partial charge in [0.05, 0.1) is 9.89 Å². The Labute approximate surface area is 125 Å². The van der Waals surface area contributed by atoms with Crippen LogP contribution in [-0.2, 0) is 11.2 Å². The standard InChI is InChI=1S/C15H17BrF2O2/c16-11-5-6-12(17)10(13(11)18)9-15(14(19)20)7-3-1-2-4-8-15/h5-6H,1-4,7-9H2,(H,19,20). The molecule has 20 heavy (non-hydrogen) atoms. The maximum absolute atomic E-state index is 14.1. The lowest BCUT2D eigenvalue weighted by atomic mass is 9.75. The summed E-state index contributed by atoms with van der Waals surface area (Å²) >= 11 is 3.03. The predicted molar refractivity (Wildman–Crippen MR) is 75.5 cm³/mol. The first-order valence-electron chi connectivity index (χ1n) is 6.82. The maximum Gasteiger partial charge on any atom is 0.309 e. The quantitative estimate of drug-likeness (QED) is 0.636. The third-order valence-electron chi connectivity index (χ3n) is 4.17. The molecule has 0 heterocycles. The fourth-order valence-electron chi connectivity index (χ4n) is 2.94. The van der Waals surface area contributed by atoms with Gasteiger partial charge in [-0.3, -0.25) is 4.79 Å². The lowest BCUT2D eigenvalue weighted by molar-refractivity contribution is -0.149. The highest BCUT2D eigenvalue weighted by Gasteiger charge is 2.40. The number of rotatable bonds is 3. The minimum atomic E-state index is -1.04. The Kier molecular flexibility index (Phi) is 4.78. The van der Waals surface area contributed by atoms with Gasteiger partial charge in [0.25, 0.3) is 0 Å². The zero-order chi connectivity index (χ0) is 14.8. The first-order chi connectivity index (χ1) is 9.46. The minimum absolute atomic E-state index is 0.0839. The van der Waals surface area contributed by atoms with Gasteiger partial charge in [-0.05, 0) is 47.3 Å². The lowest BCUT2D eigenvalue weighted by Crippen LogP contribution is -2.33. The summed E-state index contributed by atoms with van der Waals surface area (Å²) in [5.41, 5.74) is -1.16. The maximum atomic E-state index is 14.1. The number of aliphatic carboxylic acids is 1. The molecule has 2 rings (SSSR count). The Morgan fingerprint density at radius 2 is 1.80 bits per heavy atom. The summed E-state index contributed by atoms with van der Waals surface area (Å²) < 4.78 is 28.1. The second-order valence-electron chi connectivity index (χ2n) is 5.50. The van der Waals surface area contributed by atoms with Crippen molar-refractivity contribution in [1.29, 1.82) is 0 Å². The molecule has 1 aromatic rings. The molecule has 1 aliphatic rings. The van der Waals surface area contributed by atoms with Crippen LogP contribution in [0.2, 0.25) is 0 Å². The van der Waals surface area contributed by atoms with Gasteiger partial charge in [-0.25, -0.2) is 8.78 Å². The summed E-state index contributed by atoms with van der Waals surface area (Å²) in [5.74, 6) is -2.30. The first-order valence-corrected chi connectivity index (χ1v) is 7.61. The molecule has 0 unspecified atom stereocenters. The normalized spacial score (nSPS) is 18.6. The lowest BCUT2D eigenvalue weighted by Gasteiger charge is -2.28. The van der Waals surface area contributed by atoms with E-state index in [4.69, 9.17) is 0 Å². The average molecular weight is 347 g/mol. The molecule has 0 aliphatic heterocycles. The van der Waals surface area contributed by atoms with Crippen molar-refractivity contribution >= 4 is 21.9 Å². The van der Waals surface area contributed by atoms with Crippen molar-refractivity contribution in [3.8, 4) is 0 Å². The van der Waals surface area contributed by atoms with Crippen LogP contribution in [0.15, 0.2) is 16.6 Å². The van der Waals surface area contributed by atoms with Crippen molar-refractivity contribution in [2.75, 3.05) is 0 Å². The molecule has 0 saturated heterocycles. The van der Waals surface area contributed by atoms with E-state index in [9.17, 15) is 18.7 Å². The SMILES string of the molecule is O=C(O)C1(Cc2c(F)ccc(Br)c2F)CCCCCC1. The molecule has 1 saturated carbocycles. The van der Waals surface area contributed by atoms with Crippen LogP contribution in [0.1, 0.15) is 44.1 Å². The summed E-state index contributed by atoms with van der Waals surface area (Å²) in [5, 5.41) is 9.57. The molecule has 1 aliphatic carbocycles. The van der Waals surface area contributed by atoms with Gasteiger partial charge in [-0.15, -0.1) is 0 Å². The molecule has 0 amide bonds. The van der Waals surface area contributed by atoms with Crippen molar-refractivity contribution in [1.82, 2.24) is 0 Å². The van der Waals surface area contributed by atoms with E-state index in [1.54, 1.807) is 0 Å². The molecule has 0 bridgehead atoms. The van der Waals surface area contributed by atoms with E-state index in [0.29, 0.717) is 12.8 Å². The van der Waals surface area contributed by atoms with Crippen LogP contribution in [-0.4, -0.2) is 11.1 Å². The zero-order valence-corrected chi connectivity index (χ0v) is 12.7. The van der Waals surface area contributed by atoms with E-state index in [1.165, 1.54) is 12.1 Å². The van der Waals surface area contributed by atoms with Crippen LogP contribution in [0.4, 0.5) is 8.78 Å². The van der Waals surface area contributed by atoms with Gasteiger partial charge in [0.2, 0.25) is 0 Å². The average Bonchev–Trinajstić information content (AvgIpc) is 2.66. The van der Waals surface area contributed by atoms with Crippen molar-refractivity contribution in [2.24, 2.45) is 5.41 Å². The summed E-state index contributed by atoms with van der Waals surface area (Å²) in [6.45, 7) is 0. The zero-order valence-electron chi connectivity index (χ0n) is 11.1. The smallest absolute Gasteiger partial charge is 0.309 e. The number of carboxylic acids is 1. The number of benzene rings is 1. The fraction of sp³-hybridized carbons (Fsp3) is 0.533. The van der Waals surface area contributed by atoms with Crippen molar-refractivity contribution in [3.63, 3.8) is 0 Å². The molecule has 1 aromatic carbocycles. The van der Waals surface area contributed by atoms with Gasteiger partial charge in [0.1, 0.15) is 11.6 Å². The number of carboxylic acid groups (broad SMARTS) is 1. The topological polar surface area (TPSA) is 37.3 Å². The fourth-order valence-corrected chi connectivity index (χ4v) is 3.31. The summed E-state index contributed by atoms with van der Waals surface area (Å²) in [6, 6.07) is 2.48. The summed E-state index contributed by atoms with van der Waals surface area (Å²) in [4.78, 5) is 11.7. The highest BCUT2D eigenvalue weighted by molar-refractivity contribution is 9.10. The first kappa shape index (κ1) is 15.4. The molecule has 0 radical (unpaired) electrons. The van der Waals surface area contributed by atoms with Gasteiger partial charge in [0, 0.05) is 5.56 Å². The second-order valence-corrected chi connectivity index (χ2v) is 6.35. The third kappa shape index (κ3) is 3.03. The van der Waals surface area contributed by atoms with Crippen LogP contribution in [0.5, 0.6) is 0 Å². The van der Waals surface area contributed by atoms with Gasteiger partial charge >= 0.3 is 5.97 Å². The highest BCUT2D eigenvalue weighted by atomic mass is 79.9. The van der Waals surface area contributed by atoms with Crippen LogP contribution < -0.4 is 0 Å². The molecule has 2 nitrogen and oxygen atoms in total. The van der Waals surface area contributed by atoms with E-state index in [1.807, 2.05) is 0 Å². The summed E-state index contributed by atoms with van der Waals surface area (Å²) in [7, 11) is 0. The number of hydrogen-bond donors (Lipinski definition) is 1. The Hall–Kier alpha value is -0.970. The predicted octanol–water partition coefficient (Wildman–Crippen LogP) is 4.70. The molecule has 5 heteroatoms. The van der Waals surface area contributed by atoms with E-state index >= 15 is 0 Å². The van der Waals surface area contributed by atoms with Gasteiger partial charge in [-0.2, -0.15) is 0 Å². The van der Waals surface area contributed by atoms with E-state index < -0.39 is 23.0 Å². The molecular weight excluding hydrogens is 330 g/mol. The number of halogens is 3. The van der Waals surface area contributed by atoms with E-state index in [2.05, 4.69) is 15.9 Å². The van der Waals surface area contributed by atoms with E-state index in [0.717, 1.165) is 25.7 Å². The van der Waals surface area contributed by atoms with Crippen molar-refractivity contribution in [2.45, 2.75) is 44.9 Å². The van der Waals surface area contributed by atoms with Gasteiger partial charge in [-0.1, -0.05) is 25.7 Å². The Balaban J connectivity index is 2.38. The molecule has 0 aromatic heterocycles. The Bertz CT molecular complexity index is 509. The van der Waals surface area contributed by atoms with Crippen LogP contribution in [0, 0.1) is 17.0 Å². The number of hydrogen-bond acceptors (Lipinski definition) is 1. The second kappa shape index (κ2) is 6.20.